The van der Waals surface area contributed by atoms with Gasteiger partial charge in [0.25, 0.3) is 0 Å². The SMILES string of the molecule is CCCCCN(CCCC)C1CCS(=O)(=O)C1. The number of unbranched alkanes of at least 4 members (excludes halogenated alkanes) is 3. The third-order valence-electron chi connectivity index (χ3n) is 3.57. The van der Waals surface area contributed by atoms with E-state index in [1.165, 1.54) is 32.1 Å². The van der Waals surface area contributed by atoms with Crippen molar-refractivity contribution >= 4 is 9.84 Å². The van der Waals surface area contributed by atoms with Gasteiger partial charge in [-0.2, -0.15) is 0 Å². The molecule has 17 heavy (non-hydrogen) atoms. The van der Waals surface area contributed by atoms with Crippen molar-refractivity contribution in [3.05, 3.63) is 0 Å². The first-order valence-electron chi connectivity index (χ1n) is 7.03. The van der Waals surface area contributed by atoms with Gasteiger partial charge in [-0.05, 0) is 32.4 Å². The Kier molecular flexibility index (Phi) is 6.49. The van der Waals surface area contributed by atoms with Gasteiger partial charge in [-0.15, -0.1) is 0 Å². The Morgan fingerprint density at radius 3 is 2.24 bits per heavy atom. The fourth-order valence-corrected chi connectivity index (χ4v) is 4.23. The van der Waals surface area contributed by atoms with E-state index in [4.69, 9.17) is 0 Å². The molecule has 0 N–H and O–H groups in total. The van der Waals surface area contributed by atoms with E-state index in [1.807, 2.05) is 0 Å². The fourth-order valence-electron chi connectivity index (χ4n) is 2.47. The Balaban J connectivity index is 2.44. The molecule has 1 fully saturated rings. The maximum Gasteiger partial charge on any atom is 0.151 e. The molecule has 1 rings (SSSR count). The minimum absolute atomic E-state index is 0.295. The Hall–Kier alpha value is -0.0900. The molecule has 1 heterocycles. The predicted molar refractivity (Wildman–Crippen MR) is 73.1 cm³/mol. The van der Waals surface area contributed by atoms with E-state index in [9.17, 15) is 8.42 Å². The minimum atomic E-state index is -2.74. The lowest BCUT2D eigenvalue weighted by Crippen LogP contribution is -2.37. The molecule has 4 heteroatoms. The number of rotatable bonds is 8. The Bertz CT molecular complexity index is 301. The van der Waals surface area contributed by atoms with Crippen molar-refractivity contribution in [2.75, 3.05) is 24.6 Å². The van der Waals surface area contributed by atoms with Crippen molar-refractivity contribution in [1.29, 1.82) is 0 Å². The second-order valence-corrected chi connectivity index (χ2v) is 7.38. The molecule has 0 aliphatic carbocycles. The molecular formula is C13H27NO2S. The first-order chi connectivity index (χ1) is 8.09. The van der Waals surface area contributed by atoms with E-state index in [-0.39, 0.29) is 0 Å². The largest absolute Gasteiger partial charge is 0.299 e. The summed E-state index contributed by atoms with van der Waals surface area (Å²) < 4.78 is 23.0. The van der Waals surface area contributed by atoms with Crippen LogP contribution in [0, 0.1) is 0 Å². The van der Waals surface area contributed by atoms with Crippen LogP contribution in [0.4, 0.5) is 0 Å². The van der Waals surface area contributed by atoms with Crippen molar-refractivity contribution in [3.63, 3.8) is 0 Å². The van der Waals surface area contributed by atoms with E-state index in [1.54, 1.807) is 0 Å². The Morgan fingerprint density at radius 1 is 1.06 bits per heavy atom. The zero-order valence-electron chi connectivity index (χ0n) is 11.3. The Morgan fingerprint density at radius 2 is 1.71 bits per heavy atom. The number of nitrogens with zero attached hydrogens (tertiary/aromatic N) is 1. The van der Waals surface area contributed by atoms with Gasteiger partial charge in [0.05, 0.1) is 11.5 Å². The number of hydrogen-bond acceptors (Lipinski definition) is 3. The summed E-state index contributed by atoms with van der Waals surface area (Å²) in [6, 6.07) is 0.295. The van der Waals surface area contributed by atoms with E-state index in [0.29, 0.717) is 17.5 Å². The van der Waals surface area contributed by atoms with Crippen LogP contribution in [0.5, 0.6) is 0 Å². The zero-order valence-corrected chi connectivity index (χ0v) is 12.1. The van der Waals surface area contributed by atoms with Gasteiger partial charge in [-0.25, -0.2) is 8.42 Å². The molecule has 0 bridgehead atoms. The van der Waals surface area contributed by atoms with Gasteiger partial charge < -0.3 is 0 Å². The maximum atomic E-state index is 11.5. The van der Waals surface area contributed by atoms with Crippen molar-refractivity contribution < 1.29 is 8.42 Å². The lowest BCUT2D eigenvalue weighted by atomic mass is 10.1. The molecule has 0 aromatic heterocycles. The Labute approximate surface area is 106 Å². The summed E-state index contributed by atoms with van der Waals surface area (Å²) in [6.07, 6.45) is 6.90. The van der Waals surface area contributed by atoms with Crippen LogP contribution in [0.15, 0.2) is 0 Å². The van der Waals surface area contributed by atoms with Crippen LogP contribution in [-0.2, 0) is 9.84 Å². The standard InChI is InChI=1S/C13H27NO2S/c1-3-5-7-10-14(9-6-4-2)13-8-11-17(15,16)12-13/h13H,3-12H2,1-2H3. The molecule has 3 nitrogen and oxygen atoms in total. The third kappa shape index (κ3) is 5.38. The molecule has 102 valence electrons. The first kappa shape index (κ1) is 15.0. The average Bonchev–Trinajstić information content (AvgIpc) is 2.64. The van der Waals surface area contributed by atoms with Crippen LogP contribution in [-0.4, -0.2) is 44.0 Å². The fraction of sp³-hybridized carbons (Fsp3) is 1.00. The van der Waals surface area contributed by atoms with E-state index < -0.39 is 9.84 Å². The normalized spacial score (nSPS) is 23.4. The lowest BCUT2D eigenvalue weighted by Gasteiger charge is -2.27. The second kappa shape index (κ2) is 7.37. The van der Waals surface area contributed by atoms with Crippen LogP contribution >= 0.6 is 0 Å². The monoisotopic (exact) mass is 261 g/mol. The maximum absolute atomic E-state index is 11.5. The van der Waals surface area contributed by atoms with Crippen molar-refractivity contribution in [3.8, 4) is 0 Å². The van der Waals surface area contributed by atoms with Crippen LogP contribution in [0.2, 0.25) is 0 Å². The molecule has 0 aromatic rings. The predicted octanol–water partition coefficient (Wildman–Crippen LogP) is 2.47. The molecule has 0 saturated carbocycles. The highest BCUT2D eigenvalue weighted by Crippen LogP contribution is 2.19. The molecule has 0 radical (unpaired) electrons. The van der Waals surface area contributed by atoms with Gasteiger partial charge >= 0.3 is 0 Å². The van der Waals surface area contributed by atoms with Crippen LogP contribution in [0.3, 0.4) is 0 Å². The highest BCUT2D eigenvalue weighted by atomic mass is 32.2. The van der Waals surface area contributed by atoms with Gasteiger partial charge in [0.1, 0.15) is 0 Å². The summed E-state index contributed by atoms with van der Waals surface area (Å²) in [5.41, 5.74) is 0. The molecule has 1 atom stereocenters. The van der Waals surface area contributed by atoms with Crippen LogP contribution in [0.1, 0.15) is 52.4 Å². The van der Waals surface area contributed by atoms with E-state index >= 15 is 0 Å². The van der Waals surface area contributed by atoms with E-state index in [2.05, 4.69) is 18.7 Å². The molecule has 1 unspecified atom stereocenters. The number of sulfone groups is 1. The summed E-state index contributed by atoms with van der Waals surface area (Å²) in [5.74, 6) is 0.789. The topological polar surface area (TPSA) is 37.4 Å². The van der Waals surface area contributed by atoms with Crippen molar-refractivity contribution in [2.24, 2.45) is 0 Å². The van der Waals surface area contributed by atoms with Gasteiger partial charge in [-0.3, -0.25) is 4.90 Å². The summed E-state index contributed by atoms with van der Waals surface area (Å²) in [6.45, 7) is 6.54. The summed E-state index contributed by atoms with van der Waals surface area (Å²) in [4.78, 5) is 2.42. The van der Waals surface area contributed by atoms with E-state index in [0.717, 1.165) is 19.5 Å². The van der Waals surface area contributed by atoms with Gasteiger partial charge in [0.15, 0.2) is 9.84 Å². The molecule has 0 aromatic carbocycles. The van der Waals surface area contributed by atoms with Crippen LogP contribution in [0.25, 0.3) is 0 Å². The third-order valence-corrected chi connectivity index (χ3v) is 5.32. The second-order valence-electron chi connectivity index (χ2n) is 5.15. The van der Waals surface area contributed by atoms with Crippen molar-refractivity contribution in [2.45, 2.75) is 58.4 Å². The smallest absolute Gasteiger partial charge is 0.151 e. The molecule has 1 saturated heterocycles. The molecule has 1 aliphatic heterocycles. The summed E-state index contributed by atoms with van der Waals surface area (Å²) in [5, 5.41) is 0. The molecule has 1 aliphatic rings. The average molecular weight is 261 g/mol. The molecule has 0 spiro atoms. The highest BCUT2D eigenvalue weighted by Gasteiger charge is 2.31. The van der Waals surface area contributed by atoms with Gasteiger partial charge in [0, 0.05) is 6.04 Å². The highest BCUT2D eigenvalue weighted by molar-refractivity contribution is 7.91. The lowest BCUT2D eigenvalue weighted by molar-refractivity contribution is 0.205. The quantitative estimate of drug-likeness (QED) is 0.630. The van der Waals surface area contributed by atoms with Crippen molar-refractivity contribution in [1.82, 2.24) is 4.90 Å². The first-order valence-corrected chi connectivity index (χ1v) is 8.85. The summed E-state index contributed by atoms with van der Waals surface area (Å²) >= 11 is 0. The zero-order chi connectivity index (χ0) is 12.7. The van der Waals surface area contributed by atoms with Crippen LogP contribution < -0.4 is 0 Å². The summed E-state index contributed by atoms with van der Waals surface area (Å²) in [7, 11) is -2.74. The number of hydrogen-bond donors (Lipinski definition) is 0. The van der Waals surface area contributed by atoms with Gasteiger partial charge in [-0.1, -0.05) is 33.1 Å². The molecule has 0 amide bonds. The minimum Gasteiger partial charge on any atom is -0.299 e. The molecular weight excluding hydrogens is 234 g/mol. The van der Waals surface area contributed by atoms with Gasteiger partial charge in [0.2, 0.25) is 0 Å².